The van der Waals surface area contributed by atoms with Gasteiger partial charge in [-0.1, -0.05) is 180 Å². The molecule has 0 saturated heterocycles. The Kier molecular flexibility index (Phi) is 5.89. The van der Waals surface area contributed by atoms with Gasteiger partial charge in [-0.2, -0.15) is 0 Å². The van der Waals surface area contributed by atoms with Crippen LogP contribution < -0.4 is 0 Å². The van der Waals surface area contributed by atoms with E-state index < -0.39 is 10.8 Å². The van der Waals surface area contributed by atoms with Crippen LogP contribution in [0.25, 0.3) is 22.3 Å². The van der Waals surface area contributed by atoms with E-state index in [4.69, 9.17) is 0 Å². The smallest absolute Gasteiger partial charge is 0.0622 e. The number of benzene rings is 7. The fraction of sp³-hybridized carbons (Fsp3) is 0.0455. The summed E-state index contributed by atoms with van der Waals surface area (Å²) in [5.41, 5.74) is 14.7. The summed E-state index contributed by atoms with van der Waals surface area (Å²) >= 11 is 3.85. The van der Waals surface area contributed by atoms with Crippen molar-refractivity contribution >= 4 is 15.9 Å². The van der Waals surface area contributed by atoms with Gasteiger partial charge in [0.25, 0.3) is 0 Å². The molecule has 7 aromatic rings. The van der Waals surface area contributed by atoms with E-state index in [1.54, 1.807) is 0 Å². The molecule has 0 heterocycles. The van der Waals surface area contributed by atoms with Crippen molar-refractivity contribution in [3.8, 4) is 22.3 Å². The van der Waals surface area contributed by atoms with Crippen LogP contribution in [-0.2, 0) is 10.8 Å². The molecule has 2 aliphatic carbocycles. The third kappa shape index (κ3) is 3.53. The van der Waals surface area contributed by atoms with Gasteiger partial charge in [-0.25, -0.2) is 0 Å². The summed E-state index contributed by atoms with van der Waals surface area (Å²) in [4.78, 5) is 0. The first-order valence-electron chi connectivity index (χ1n) is 15.6. The number of hydrogen-bond donors (Lipinski definition) is 0. The van der Waals surface area contributed by atoms with E-state index >= 15 is 0 Å². The summed E-state index contributed by atoms with van der Waals surface area (Å²) in [6.07, 6.45) is 0. The topological polar surface area (TPSA) is 0 Å². The highest BCUT2D eigenvalue weighted by molar-refractivity contribution is 9.10. The van der Waals surface area contributed by atoms with Crippen LogP contribution in [0.1, 0.15) is 44.5 Å². The predicted molar refractivity (Wildman–Crippen MR) is 189 cm³/mol. The van der Waals surface area contributed by atoms with E-state index in [1.165, 1.54) is 66.8 Å². The highest BCUT2D eigenvalue weighted by Gasteiger charge is 2.50. The highest BCUT2D eigenvalue weighted by atomic mass is 79.9. The normalized spacial score (nSPS) is 14.7. The molecule has 212 valence electrons. The zero-order valence-corrected chi connectivity index (χ0v) is 26.2. The molecule has 0 nitrogen and oxygen atoms in total. The van der Waals surface area contributed by atoms with Gasteiger partial charge in [-0.3, -0.25) is 0 Å². The van der Waals surface area contributed by atoms with Gasteiger partial charge in [-0.05, 0) is 78.9 Å². The molecule has 0 bridgehead atoms. The number of hydrogen-bond acceptors (Lipinski definition) is 0. The second-order valence-corrected chi connectivity index (χ2v) is 13.1. The van der Waals surface area contributed by atoms with E-state index in [-0.39, 0.29) is 0 Å². The number of halogens is 1. The average Bonchev–Trinajstić information content (AvgIpc) is 3.57. The van der Waals surface area contributed by atoms with Crippen LogP contribution >= 0.6 is 15.9 Å². The first-order valence-corrected chi connectivity index (χ1v) is 16.3. The highest BCUT2D eigenvalue weighted by Crippen LogP contribution is 2.60. The largest absolute Gasteiger partial charge is 0.0714 e. The summed E-state index contributed by atoms with van der Waals surface area (Å²) in [6, 6.07) is 65.3. The van der Waals surface area contributed by atoms with Gasteiger partial charge in [0.1, 0.15) is 0 Å². The van der Waals surface area contributed by atoms with E-state index in [0.717, 1.165) is 4.47 Å². The Balaban J connectivity index is 1.44. The molecule has 0 amide bonds. The van der Waals surface area contributed by atoms with Crippen LogP contribution in [0.5, 0.6) is 0 Å². The zero-order chi connectivity index (χ0) is 30.0. The first-order chi connectivity index (χ1) is 22.2. The van der Waals surface area contributed by atoms with Crippen LogP contribution in [0.15, 0.2) is 180 Å². The van der Waals surface area contributed by atoms with Crippen LogP contribution in [0, 0.1) is 0 Å². The standard InChI is InChI=1S/C44H29Br/c45-34-25-27-38-37-26-24-33(28-41(37)43(42(38)29-34,30-14-4-1-5-15-30)31-16-6-2-7-17-31)44(32-18-8-3-9-19-32)39-22-12-10-20-35(39)36-21-11-13-23-40(36)44/h1-29H. The molecule has 0 aliphatic heterocycles. The minimum absolute atomic E-state index is 0.460. The van der Waals surface area contributed by atoms with Crippen molar-refractivity contribution < 1.29 is 0 Å². The lowest BCUT2D eigenvalue weighted by Gasteiger charge is -2.37. The monoisotopic (exact) mass is 636 g/mol. The zero-order valence-electron chi connectivity index (χ0n) is 24.6. The molecule has 2 aliphatic rings. The van der Waals surface area contributed by atoms with Crippen molar-refractivity contribution in [1.29, 1.82) is 0 Å². The molecule has 1 heteroatoms. The summed E-state index contributed by atoms with van der Waals surface area (Å²) < 4.78 is 1.09. The summed E-state index contributed by atoms with van der Waals surface area (Å²) in [5, 5.41) is 0. The first kappa shape index (κ1) is 26.4. The molecule has 0 N–H and O–H groups in total. The fourth-order valence-electron chi connectivity index (χ4n) is 8.41. The van der Waals surface area contributed by atoms with Gasteiger partial charge in [0.05, 0.1) is 10.8 Å². The molecular formula is C44H29Br. The van der Waals surface area contributed by atoms with Gasteiger partial charge in [0.2, 0.25) is 0 Å². The van der Waals surface area contributed by atoms with Gasteiger partial charge in [0, 0.05) is 4.47 Å². The lowest BCUT2D eigenvalue weighted by molar-refractivity contribution is 0.742. The van der Waals surface area contributed by atoms with Crippen LogP contribution in [0.4, 0.5) is 0 Å². The van der Waals surface area contributed by atoms with E-state index in [2.05, 4.69) is 192 Å². The van der Waals surface area contributed by atoms with E-state index in [0.29, 0.717) is 0 Å². The Labute approximate surface area is 272 Å². The third-order valence-corrected chi connectivity index (χ3v) is 10.6. The van der Waals surface area contributed by atoms with Gasteiger partial charge in [0.15, 0.2) is 0 Å². The lowest BCUT2D eigenvalue weighted by atomic mass is 9.64. The minimum Gasteiger partial charge on any atom is -0.0622 e. The van der Waals surface area contributed by atoms with Crippen molar-refractivity contribution in [3.05, 3.63) is 225 Å². The second-order valence-electron chi connectivity index (χ2n) is 12.1. The van der Waals surface area contributed by atoms with E-state index in [9.17, 15) is 0 Å². The van der Waals surface area contributed by atoms with Crippen LogP contribution in [-0.4, -0.2) is 0 Å². The van der Waals surface area contributed by atoms with Crippen molar-refractivity contribution in [3.63, 3.8) is 0 Å². The van der Waals surface area contributed by atoms with Crippen molar-refractivity contribution in [2.45, 2.75) is 10.8 Å². The predicted octanol–water partition coefficient (Wildman–Crippen LogP) is 11.2. The summed E-state index contributed by atoms with van der Waals surface area (Å²) in [6.45, 7) is 0. The summed E-state index contributed by atoms with van der Waals surface area (Å²) in [7, 11) is 0. The maximum atomic E-state index is 3.85. The SMILES string of the molecule is Brc1ccc2c(c1)C(c1ccccc1)(c1ccccc1)c1cc(C3(c4ccccc4)c4ccccc4-c4ccccc43)ccc1-2. The van der Waals surface area contributed by atoms with E-state index in [1.807, 2.05) is 0 Å². The Hall–Kier alpha value is -4.98. The molecular weight excluding hydrogens is 608 g/mol. The molecule has 0 radical (unpaired) electrons. The van der Waals surface area contributed by atoms with Gasteiger partial charge >= 0.3 is 0 Å². The minimum atomic E-state index is -0.484. The van der Waals surface area contributed by atoms with Crippen LogP contribution in [0.3, 0.4) is 0 Å². The summed E-state index contributed by atoms with van der Waals surface area (Å²) in [5.74, 6) is 0. The maximum absolute atomic E-state index is 3.85. The van der Waals surface area contributed by atoms with Gasteiger partial charge in [-0.15, -0.1) is 0 Å². The lowest BCUT2D eigenvalue weighted by Crippen LogP contribution is -2.31. The molecule has 0 atom stereocenters. The molecule has 0 saturated carbocycles. The Morgan fingerprint density at radius 2 is 0.667 bits per heavy atom. The number of rotatable bonds is 4. The Morgan fingerprint density at radius 3 is 1.18 bits per heavy atom. The van der Waals surface area contributed by atoms with Gasteiger partial charge < -0.3 is 0 Å². The Morgan fingerprint density at radius 1 is 0.289 bits per heavy atom. The van der Waals surface area contributed by atoms with Crippen molar-refractivity contribution in [1.82, 2.24) is 0 Å². The maximum Gasteiger partial charge on any atom is 0.0714 e. The second kappa shape index (κ2) is 10.0. The molecule has 0 fully saturated rings. The average molecular weight is 638 g/mol. The fourth-order valence-corrected chi connectivity index (χ4v) is 8.77. The number of fused-ring (bicyclic) bond motifs is 6. The quantitative estimate of drug-likeness (QED) is 0.180. The van der Waals surface area contributed by atoms with Crippen LogP contribution in [0.2, 0.25) is 0 Å². The third-order valence-electron chi connectivity index (χ3n) is 10.1. The molecule has 9 rings (SSSR count). The molecule has 7 aromatic carbocycles. The van der Waals surface area contributed by atoms with Crippen molar-refractivity contribution in [2.24, 2.45) is 0 Å². The molecule has 0 spiro atoms. The van der Waals surface area contributed by atoms with Crippen molar-refractivity contribution in [2.75, 3.05) is 0 Å². The molecule has 0 aromatic heterocycles. The molecule has 45 heavy (non-hydrogen) atoms. The molecule has 0 unspecified atom stereocenters. The Bertz CT molecular complexity index is 2130.